The number of fused-ring (bicyclic) bond motifs is 6. The van der Waals surface area contributed by atoms with Gasteiger partial charge in [-0.25, -0.2) is 4.99 Å². The molecular formula is C46H31N3S. The minimum atomic E-state index is 0.409. The van der Waals surface area contributed by atoms with Crippen LogP contribution in [0.5, 0.6) is 0 Å². The zero-order valence-corrected chi connectivity index (χ0v) is 27.9. The van der Waals surface area contributed by atoms with Gasteiger partial charge < -0.3 is 5.41 Å². The van der Waals surface area contributed by atoms with Crippen molar-refractivity contribution < 1.29 is 0 Å². The van der Waals surface area contributed by atoms with E-state index in [1.165, 1.54) is 53.2 Å². The van der Waals surface area contributed by atoms with Crippen molar-refractivity contribution in [3.63, 3.8) is 0 Å². The van der Waals surface area contributed by atoms with Crippen molar-refractivity contribution >= 4 is 65.4 Å². The Morgan fingerprint density at radius 1 is 0.520 bits per heavy atom. The summed E-state index contributed by atoms with van der Waals surface area (Å²) in [6, 6.07) is 57.6. The Hall–Kier alpha value is -6.36. The van der Waals surface area contributed by atoms with Gasteiger partial charge in [0.05, 0.1) is 23.1 Å². The first-order valence-electron chi connectivity index (χ1n) is 16.7. The topological polar surface area (TPSA) is 41.1 Å². The van der Waals surface area contributed by atoms with Crippen molar-refractivity contribution in [2.45, 2.75) is 0 Å². The minimum Gasteiger partial charge on any atom is -0.300 e. The van der Waals surface area contributed by atoms with Gasteiger partial charge in [0.25, 0.3) is 0 Å². The van der Waals surface area contributed by atoms with E-state index in [0.29, 0.717) is 5.71 Å². The fourth-order valence-corrected chi connectivity index (χ4v) is 8.18. The number of thiophene rings is 1. The molecule has 3 nitrogen and oxygen atoms in total. The maximum Gasteiger partial charge on any atom is 0.0995 e. The number of hydrogen-bond donors (Lipinski definition) is 1. The van der Waals surface area contributed by atoms with Gasteiger partial charge in [-0.2, -0.15) is 0 Å². The van der Waals surface area contributed by atoms with Crippen LogP contribution in [0.15, 0.2) is 181 Å². The average molecular weight is 658 g/mol. The lowest BCUT2D eigenvalue weighted by Gasteiger charge is -2.07. The van der Waals surface area contributed by atoms with Gasteiger partial charge in [-0.15, -0.1) is 11.3 Å². The smallest absolute Gasteiger partial charge is 0.0995 e. The highest BCUT2D eigenvalue weighted by Gasteiger charge is 2.14. The van der Waals surface area contributed by atoms with Gasteiger partial charge in [0.1, 0.15) is 0 Å². The van der Waals surface area contributed by atoms with Crippen LogP contribution in [0.25, 0.3) is 75.4 Å². The molecule has 2 heterocycles. The summed E-state index contributed by atoms with van der Waals surface area (Å²) in [5, 5.41) is 13.8. The van der Waals surface area contributed by atoms with Crippen LogP contribution in [0.1, 0.15) is 5.56 Å². The first kappa shape index (κ1) is 29.8. The van der Waals surface area contributed by atoms with Gasteiger partial charge in [-0.1, -0.05) is 133 Å². The first-order valence-corrected chi connectivity index (χ1v) is 17.5. The molecule has 9 aromatic rings. The van der Waals surface area contributed by atoms with Crippen LogP contribution in [0.2, 0.25) is 0 Å². The summed E-state index contributed by atoms with van der Waals surface area (Å²) in [7, 11) is 0. The first-order chi connectivity index (χ1) is 24.7. The van der Waals surface area contributed by atoms with Crippen LogP contribution in [0.3, 0.4) is 0 Å². The molecule has 0 aliphatic rings. The van der Waals surface area contributed by atoms with Crippen LogP contribution in [0, 0.1) is 5.41 Å². The lowest BCUT2D eigenvalue weighted by atomic mass is 9.98. The number of para-hydroxylation sites is 1. The van der Waals surface area contributed by atoms with E-state index >= 15 is 0 Å². The van der Waals surface area contributed by atoms with Gasteiger partial charge in [-0.05, 0) is 69.8 Å². The molecule has 0 aliphatic carbocycles. The molecular weight excluding hydrogens is 627 g/mol. The molecule has 0 aliphatic heterocycles. The highest BCUT2D eigenvalue weighted by molar-refractivity contribution is 7.26. The summed E-state index contributed by atoms with van der Waals surface area (Å²) < 4.78 is 4.77. The van der Waals surface area contributed by atoms with E-state index in [2.05, 4.69) is 155 Å². The maximum atomic E-state index is 8.78. The molecule has 50 heavy (non-hydrogen) atoms. The lowest BCUT2D eigenvalue weighted by molar-refractivity contribution is 1.30. The van der Waals surface area contributed by atoms with E-state index in [1.807, 2.05) is 35.9 Å². The molecule has 0 radical (unpaired) electrons. The molecule has 9 rings (SSSR count). The quantitative estimate of drug-likeness (QED) is 0.131. The van der Waals surface area contributed by atoms with Gasteiger partial charge in [0.15, 0.2) is 0 Å². The number of benzene rings is 7. The monoisotopic (exact) mass is 657 g/mol. The van der Waals surface area contributed by atoms with Crippen molar-refractivity contribution in [2.24, 2.45) is 4.99 Å². The van der Waals surface area contributed by atoms with Gasteiger partial charge in [-0.3, -0.25) is 4.57 Å². The van der Waals surface area contributed by atoms with E-state index < -0.39 is 0 Å². The summed E-state index contributed by atoms with van der Waals surface area (Å²) in [6.45, 7) is 0. The predicted molar refractivity (Wildman–Crippen MR) is 215 cm³/mol. The van der Waals surface area contributed by atoms with Crippen molar-refractivity contribution in [1.29, 1.82) is 5.41 Å². The second-order valence-electron chi connectivity index (χ2n) is 12.4. The number of aromatic nitrogens is 1. The van der Waals surface area contributed by atoms with Crippen molar-refractivity contribution in [3.8, 4) is 33.4 Å². The summed E-state index contributed by atoms with van der Waals surface area (Å²) in [4.78, 5) is 4.66. The lowest BCUT2D eigenvalue weighted by Crippen LogP contribution is -1.96. The summed E-state index contributed by atoms with van der Waals surface area (Å²) in [5.74, 6) is 0. The fourth-order valence-electron chi connectivity index (χ4n) is 6.94. The minimum absolute atomic E-state index is 0.409. The highest BCUT2D eigenvalue weighted by Crippen LogP contribution is 2.41. The molecule has 2 aromatic heterocycles. The van der Waals surface area contributed by atoms with Crippen molar-refractivity contribution in [2.75, 3.05) is 0 Å². The Morgan fingerprint density at radius 2 is 1.16 bits per heavy atom. The summed E-state index contributed by atoms with van der Waals surface area (Å²) in [6.07, 6.45) is 5.32. The molecule has 0 saturated heterocycles. The van der Waals surface area contributed by atoms with Gasteiger partial charge in [0, 0.05) is 42.7 Å². The van der Waals surface area contributed by atoms with Crippen LogP contribution >= 0.6 is 11.3 Å². The molecule has 0 bridgehead atoms. The van der Waals surface area contributed by atoms with Crippen LogP contribution in [-0.4, -0.2) is 16.6 Å². The number of aliphatic imine (C=N–C) groups is 1. The molecule has 0 fully saturated rings. The van der Waals surface area contributed by atoms with Gasteiger partial charge in [0.2, 0.25) is 0 Å². The highest BCUT2D eigenvalue weighted by atomic mass is 32.1. The third-order valence-corrected chi connectivity index (χ3v) is 10.7. The standard InChI is InChI=1S/C46H31N3S/c47-42(36-13-8-12-34(28-36)33-22-20-32(21-23-33)31-10-2-1-3-11-31)26-27-48-30-49-43-18-6-4-14-38(43)41-29-35(24-25-44(41)49)37-16-9-17-40-39-15-5-7-19-45(39)50-46(37)40/h1-30,47H/b27-26-,47-42?,48-30+. The van der Waals surface area contributed by atoms with E-state index in [-0.39, 0.29) is 0 Å². The summed E-state index contributed by atoms with van der Waals surface area (Å²) >= 11 is 1.86. The zero-order chi connectivity index (χ0) is 33.4. The third kappa shape index (κ3) is 5.33. The number of nitrogens with zero attached hydrogens (tertiary/aromatic N) is 2. The van der Waals surface area contributed by atoms with E-state index in [0.717, 1.165) is 27.7 Å². The zero-order valence-electron chi connectivity index (χ0n) is 27.1. The van der Waals surface area contributed by atoms with Crippen molar-refractivity contribution in [3.05, 3.63) is 182 Å². The normalized spacial score (nSPS) is 11.9. The molecule has 4 heteroatoms. The Bertz CT molecular complexity index is 2760. The molecule has 7 aromatic carbocycles. The van der Waals surface area contributed by atoms with Gasteiger partial charge >= 0.3 is 0 Å². The van der Waals surface area contributed by atoms with Crippen LogP contribution in [-0.2, 0) is 0 Å². The van der Waals surface area contributed by atoms with E-state index in [4.69, 9.17) is 5.41 Å². The molecule has 236 valence electrons. The largest absolute Gasteiger partial charge is 0.300 e. The Kier molecular flexibility index (Phi) is 7.49. The van der Waals surface area contributed by atoms with E-state index in [9.17, 15) is 0 Å². The molecule has 0 amide bonds. The Balaban J connectivity index is 0.992. The number of allylic oxidation sites excluding steroid dienone is 1. The molecule has 0 saturated carbocycles. The molecule has 0 unspecified atom stereocenters. The number of nitrogens with one attached hydrogen (secondary N) is 1. The predicted octanol–water partition coefficient (Wildman–Crippen LogP) is 12.6. The molecule has 0 atom stereocenters. The molecule has 1 N–H and O–H groups in total. The summed E-state index contributed by atoms with van der Waals surface area (Å²) in [5.41, 5.74) is 10.5. The van der Waals surface area contributed by atoms with Crippen LogP contribution in [0.4, 0.5) is 0 Å². The average Bonchev–Trinajstić information content (AvgIpc) is 3.72. The fraction of sp³-hybridized carbons (Fsp3) is 0. The van der Waals surface area contributed by atoms with Crippen LogP contribution < -0.4 is 0 Å². The van der Waals surface area contributed by atoms with Crippen molar-refractivity contribution in [1.82, 2.24) is 4.57 Å². The van der Waals surface area contributed by atoms with E-state index in [1.54, 1.807) is 12.3 Å². The maximum absolute atomic E-state index is 8.78. The second kappa shape index (κ2) is 12.6. The second-order valence-corrected chi connectivity index (χ2v) is 13.5. The Morgan fingerprint density at radius 3 is 2.02 bits per heavy atom. The molecule has 0 spiro atoms. The number of rotatable bonds is 7. The Labute approximate surface area is 294 Å². The number of hydrogen-bond acceptors (Lipinski definition) is 3. The SMILES string of the molecule is N=C(/C=C\N=C\n1c2ccccc2c2cc(-c3cccc4c3sc3ccccc34)ccc21)c1cccc(-c2ccc(-c3ccccc3)cc2)c1. The third-order valence-electron chi connectivity index (χ3n) is 9.43.